The summed E-state index contributed by atoms with van der Waals surface area (Å²) in [5.74, 6) is 0.376. The van der Waals surface area contributed by atoms with Gasteiger partial charge in [-0.1, -0.05) is 37.4 Å². The third kappa shape index (κ3) is 3.50. The van der Waals surface area contributed by atoms with Crippen molar-refractivity contribution in [2.75, 3.05) is 24.3 Å². The molecule has 3 N–H and O–H groups in total. The number of benzene rings is 1. The highest BCUT2D eigenvalue weighted by atomic mass is 35.5. The maximum atomic E-state index is 12.6. The summed E-state index contributed by atoms with van der Waals surface area (Å²) in [6.07, 6.45) is 3.62. The summed E-state index contributed by atoms with van der Waals surface area (Å²) in [7, 11) is 3.80. The maximum Gasteiger partial charge on any atom is 0.244 e. The quantitative estimate of drug-likeness (QED) is 0.901. The first-order chi connectivity index (χ1) is 9.83. The fourth-order valence-corrected chi connectivity index (χ4v) is 3.46. The van der Waals surface area contributed by atoms with E-state index in [0.717, 1.165) is 31.4 Å². The molecule has 0 aromatic heterocycles. The molecule has 0 radical (unpaired) electrons. The van der Waals surface area contributed by atoms with E-state index in [1.807, 2.05) is 37.2 Å². The number of halogens is 1. The summed E-state index contributed by atoms with van der Waals surface area (Å²) in [4.78, 5) is 14.5. The van der Waals surface area contributed by atoms with Crippen LogP contribution in [0.4, 0.5) is 11.4 Å². The highest BCUT2D eigenvalue weighted by molar-refractivity contribution is 6.34. The van der Waals surface area contributed by atoms with Gasteiger partial charge in [-0.25, -0.2) is 0 Å². The Hall–Kier alpha value is -1.26. The molecule has 21 heavy (non-hydrogen) atoms. The van der Waals surface area contributed by atoms with Crippen molar-refractivity contribution in [1.82, 2.24) is 0 Å². The monoisotopic (exact) mass is 309 g/mol. The minimum atomic E-state index is -0.774. The molecule has 4 nitrogen and oxygen atoms in total. The van der Waals surface area contributed by atoms with Crippen LogP contribution >= 0.6 is 11.6 Å². The molecule has 5 heteroatoms. The molecule has 2 rings (SSSR count). The van der Waals surface area contributed by atoms with Crippen LogP contribution in [0.5, 0.6) is 0 Å². The Morgan fingerprint density at radius 3 is 2.81 bits per heavy atom. The third-order valence-electron chi connectivity index (χ3n) is 4.17. The van der Waals surface area contributed by atoms with Gasteiger partial charge in [0.05, 0.1) is 21.9 Å². The Kier molecular flexibility index (Phi) is 4.79. The van der Waals surface area contributed by atoms with Gasteiger partial charge in [0.1, 0.15) is 0 Å². The normalized spacial score (nSPS) is 25.5. The minimum Gasteiger partial charge on any atom is -0.375 e. The number of rotatable bonds is 3. The van der Waals surface area contributed by atoms with Gasteiger partial charge in [0.2, 0.25) is 5.91 Å². The summed E-state index contributed by atoms with van der Waals surface area (Å²) >= 11 is 6.23. The average molecular weight is 310 g/mol. The van der Waals surface area contributed by atoms with Crippen molar-refractivity contribution < 1.29 is 4.79 Å². The van der Waals surface area contributed by atoms with Crippen molar-refractivity contribution in [1.29, 1.82) is 0 Å². The molecule has 1 aliphatic rings. The maximum absolute atomic E-state index is 12.6. The molecular formula is C16H24ClN3O. The van der Waals surface area contributed by atoms with E-state index in [1.165, 1.54) is 0 Å². The molecule has 1 aromatic carbocycles. The van der Waals surface area contributed by atoms with Gasteiger partial charge in [0.25, 0.3) is 0 Å². The first-order valence-electron chi connectivity index (χ1n) is 7.39. The average Bonchev–Trinajstić information content (AvgIpc) is 2.37. The van der Waals surface area contributed by atoms with Gasteiger partial charge in [-0.05, 0) is 30.9 Å². The predicted molar refractivity (Wildman–Crippen MR) is 89.0 cm³/mol. The Labute approximate surface area is 131 Å². The first kappa shape index (κ1) is 16.1. The second-order valence-electron chi connectivity index (χ2n) is 6.34. The van der Waals surface area contributed by atoms with E-state index in [0.29, 0.717) is 16.6 Å². The van der Waals surface area contributed by atoms with Crippen molar-refractivity contribution in [2.45, 2.75) is 38.1 Å². The molecule has 1 aliphatic carbocycles. The van der Waals surface area contributed by atoms with Crippen LogP contribution in [0.25, 0.3) is 0 Å². The van der Waals surface area contributed by atoms with Crippen LogP contribution in [-0.4, -0.2) is 25.5 Å². The third-order valence-corrected chi connectivity index (χ3v) is 4.47. The molecule has 0 saturated heterocycles. The highest BCUT2D eigenvalue weighted by Crippen LogP contribution is 2.35. The van der Waals surface area contributed by atoms with E-state index in [4.69, 9.17) is 17.3 Å². The number of hydrogen-bond acceptors (Lipinski definition) is 3. The minimum absolute atomic E-state index is 0.112. The lowest BCUT2D eigenvalue weighted by Gasteiger charge is -2.35. The molecule has 0 spiro atoms. The Morgan fingerprint density at radius 2 is 2.19 bits per heavy atom. The zero-order valence-corrected chi connectivity index (χ0v) is 13.7. The van der Waals surface area contributed by atoms with E-state index in [1.54, 1.807) is 0 Å². The predicted octanol–water partition coefficient (Wildman–Crippen LogP) is 3.25. The van der Waals surface area contributed by atoms with Crippen LogP contribution in [0, 0.1) is 5.92 Å². The standard InChI is InChI=1S/C16H24ClN3O/c1-11-6-5-9-16(18,10-11)15(21)19-13-8-4-7-12(17)14(13)20(2)3/h4,7-8,11H,5-6,9-10,18H2,1-3H3,(H,19,21). The van der Waals surface area contributed by atoms with E-state index in [2.05, 4.69) is 12.2 Å². The zero-order chi connectivity index (χ0) is 15.6. The van der Waals surface area contributed by atoms with Crippen molar-refractivity contribution in [3.05, 3.63) is 23.2 Å². The SMILES string of the molecule is CC1CCCC(N)(C(=O)Nc2cccc(Cl)c2N(C)C)C1. The van der Waals surface area contributed by atoms with Gasteiger partial charge in [-0.15, -0.1) is 0 Å². The second kappa shape index (κ2) is 6.24. The van der Waals surface area contributed by atoms with E-state index >= 15 is 0 Å². The number of hydrogen-bond donors (Lipinski definition) is 2. The van der Waals surface area contributed by atoms with E-state index < -0.39 is 5.54 Å². The number of carbonyl (C=O) groups excluding carboxylic acids is 1. The molecule has 2 unspecified atom stereocenters. The fourth-order valence-electron chi connectivity index (χ4n) is 3.12. The van der Waals surface area contributed by atoms with Gasteiger partial charge < -0.3 is 16.0 Å². The molecule has 1 saturated carbocycles. The summed E-state index contributed by atoms with van der Waals surface area (Å²) in [5.41, 5.74) is 7.09. The highest BCUT2D eigenvalue weighted by Gasteiger charge is 2.38. The first-order valence-corrected chi connectivity index (χ1v) is 7.77. The lowest BCUT2D eigenvalue weighted by Crippen LogP contribution is -2.53. The van der Waals surface area contributed by atoms with Crippen molar-refractivity contribution in [2.24, 2.45) is 11.7 Å². The molecule has 0 heterocycles. The molecule has 116 valence electrons. The van der Waals surface area contributed by atoms with Crippen LogP contribution in [0.3, 0.4) is 0 Å². The Bertz CT molecular complexity index is 532. The van der Waals surface area contributed by atoms with Crippen LogP contribution in [-0.2, 0) is 4.79 Å². The van der Waals surface area contributed by atoms with Gasteiger partial charge >= 0.3 is 0 Å². The molecule has 0 bridgehead atoms. The largest absolute Gasteiger partial charge is 0.375 e. The van der Waals surface area contributed by atoms with Crippen LogP contribution < -0.4 is 16.0 Å². The summed E-state index contributed by atoms with van der Waals surface area (Å²) < 4.78 is 0. The molecular weight excluding hydrogens is 286 g/mol. The fraction of sp³-hybridized carbons (Fsp3) is 0.562. The number of para-hydroxylation sites is 1. The molecule has 0 aliphatic heterocycles. The number of nitrogens with zero attached hydrogens (tertiary/aromatic N) is 1. The lowest BCUT2D eigenvalue weighted by molar-refractivity contribution is -0.122. The number of carbonyl (C=O) groups is 1. The van der Waals surface area contributed by atoms with Gasteiger partial charge in [0, 0.05) is 14.1 Å². The molecule has 1 aromatic rings. The van der Waals surface area contributed by atoms with Crippen LogP contribution in [0.1, 0.15) is 32.6 Å². The van der Waals surface area contributed by atoms with Crippen LogP contribution in [0.15, 0.2) is 18.2 Å². The topological polar surface area (TPSA) is 58.4 Å². The number of nitrogens with one attached hydrogen (secondary N) is 1. The lowest BCUT2D eigenvalue weighted by atomic mass is 9.76. The smallest absolute Gasteiger partial charge is 0.244 e. The van der Waals surface area contributed by atoms with Gasteiger partial charge in [-0.2, -0.15) is 0 Å². The van der Waals surface area contributed by atoms with Crippen molar-refractivity contribution >= 4 is 28.9 Å². The molecule has 1 fully saturated rings. The Balaban J connectivity index is 2.22. The summed E-state index contributed by atoms with van der Waals surface area (Å²) in [6.45, 7) is 2.15. The number of amides is 1. The summed E-state index contributed by atoms with van der Waals surface area (Å²) in [6, 6.07) is 5.50. The summed E-state index contributed by atoms with van der Waals surface area (Å²) in [5, 5.41) is 3.59. The van der Waals surface area contributed by atoms with E-state index in [9.17, 15) is 4.79 Å². The van der Waals surface area contributed by atoms with Crippen molar-refractivity contribution in [3.63, 3.8) is 0 Å². The molecule has 2 atom stereocenters. The molecule has 1 amide bonds. The van der Waals surface area contributed by atoms with Crippen LogP contribution in [0.2, 0.25) is 5.02 Å². The van der Waals surface area contributed by atoms with Crippen molar-refractivity contribution in [3.8, 4) is 0 Å². The van der Waals surface area contributed by atoms with Gasteiger partial charge in [-0.3, -0.25) is 4.79 Å². The number of anilines is 2. The number of nitrogens with two attached hydrogens (primary N) is 1. The zero-order valence-electron chi connectivity index (χ0n) is 12.9. The van der Waals surface area contributed by atoms with E-state index in [-0.39, 0.29) is 5.91 Å². The second-order valence-corrected chi connectivity index (χ2v) is 6.75. The van der Waals surface area contributed by atoms with Gasteiger partial charge in [0.15, 0.2) is 0 Å². The Morgan fingerprint density at radius 1 is 1.48 bits per heavy atom.